The second-order valence-electron chi connectivity index (χ2n) is 4.13. The Morgan fingerprint density at radius 3 is 2.94 bits per heavy atom. The highest BCUT2D eigenvalue weighted by Gasteiger charge is 2.11. The Labute approximate surface area is 99.9 Å². The van der Waals surface area contributed by atoms with Gasteiger partial charge in [0.05, 0.1) is 17.6 Å². The lowest BCUT2D eigenvalue weighted by Crippen LogP contribution is -2.05. The van der Waals surface area contributed by atoms with Crippen molar-refractivity contribution in [3.05, 3.63) is 30.0 Å². The molecule has 0 saturated carbocycles. The summed E-state index contributed by atoms with van der Waals surface area (Å²) in [6, 6.07) is 7.88. The number of hydrogen-bond acceptors (Lipinski definition) is 3. The molecule has 0 aliphatic heterocycles. The van der Waals surface area contributed by atoms with Crippen molar-refractivity contribution in [1.29, 1.82) is 0 Å². The summed E-state index contributed by atoms with van der Waals surface area (Å²) in [7, 11) is 1.88. The minimum Gasteiger partial charge on any atom is -0.396 e. The van der Waals surface area contributed by atoms with Crippen LogP contribution in [-0.2, 0) is 18.3 Å². The molecule has 0 unspecified atom stereocenters. The summed E-state index contributed by atoms with van der Waals surface area (Å²) in [5.41, 5.74) is 1.86. The highest BCUT2D eigenvalue weighted by molar-refractivity contribution is 5.88. The van der Waals surface area contributed by atoms with Gasteiger partial charge in [0.2, 0.25) is 0 Å². The van der Waals surface area contributed by atoms with Gasteiger partial charge in [-0.1, -0.05) is 18.2 Å². The van der Waals surface area contributed by atoms with Crippen molar-refractivity contribution in [1.82, 2.24) is 9.78 Å². The van der Waals surface area contributed by atoms with Gasteiger partial charge in [0, 0.05) is 25.5 Å². The van der Waals surface area contributed by atoms with Crippen molar-refractivity contribution >= 4 is 16.7 Å². The van der Waals surface area contributed by atoms with Crippen molar-refractivity contribution < 1.29 is 9.90 Å². The molecule has 1 heterocycles. The zero-order chi connectivity index (χ0) is 12.3. The summed E-state index contributed by atoms with van der Waals surface area (Å²) in [6.07, 6.45) is 1.30. The van der Waals surface area contributed by atoms with Crippen LogP contribution in [0.5, 0.6) is 0 Å². The predicted molar refractivity (Wildman–Crippen MR) is 65.7 cm³/mol. The fourth-order valence-corrected chi connectivity index (χ4v) is 1.97. The Morgan fingerprint density at radius 1 is 1.41 bits per heavy atom. The molecular formula is C13H16N2O2. The Hall–Kier alpha value is -1.68. The summed E-state index contributed by atoms with van der Waals surface area (Å²) in [6.45, 7) is 0.0642. The molecule has 1 aromatic carbocycles. The van der Waals surface area contributed by atoms with Crippen LogP contribution in [0.25, 0.3) is 10.9 Å². The van der Waals surface area contributed by atoms with Crippen molar-refractivity contribution in [2.24, 2.45) is 7.05 Å². The molecule has 90 valence electrons. The highest BCUT2D eigenvalue weighted by Crippen LogP contribution is 2.18. The number of aryl methyl sites for hydroxylation is 1. The third-order valence-corrected chi connectivity index (χ3v) is 2.81. The van der Waals surface area contributed by atoms with E-state index in [0.29, 0.717) is 19.3 Å². The molecule has 2 rings (SSSR count). The SMILES string of the molecule is Cn1nc(CC(=O)CCCO)c2ccccc21. The van der Waals surface area contributed by atoms with Gasteiger partial charge in [-0.2, -0.15) is 5.10 Å². The molecule has 0 amide bonds. The Bertz CT molecular complexity index is 531. The monoisotopic (exact) mass is 232 g/mol. The first kappa shape index (κ1) is 11.8. The number of hydrogen-bond donors (Lipinski definition) is 1. The lowest BCUT2D eigenvalue weighted by molar-refractivity contribution is -0.118. The smallest absolute Gasteiger partial charge is 0.139 e. The first-order valence-corrected chi connectivity index (χ1v) is 5.75. The van der Waals surface area contributed by atoms with E-state index in [1.54, 1.807) is 4.68 Å². The molecule has 0 aliphatic carbocycles. The first-order chi connectivity index (χ1) is 8.22. The van der Waals surface area contributed by atoms with Gasteiger partial charge in [0.15, 0.2) is 0 Å². The summed E-state index contributed by atoms with van der Waals surface area (Å²) in [5, 5.41) is 14.1. The van der Waals surface area contributed by atoms with Crippen LogP contribution in [0.15, 0.2) is 24.3 Å². The van der Waals surface area contributed by atoms with E-state index in [0.717, 1.165) is 16.6 Å². The normalized spacial score (nSPS) is 10.9. The van der Waals surface area contributed by atoms with Crippen LogP contribution in [0.2, 0.25) is 0 Å². The molecule has 0 saturated heterocycles. The fraction of sp³-hybridized carbons (Fsp3) is 0.385. The van der Waals surface area contributed by atoms with E-state index in [9.17, 15) is 4.79 Å². The number of Topliss-reactive ketones (excluding diaryl/α,β-unsaturated/α-hetero) is 1. The second kappa shape index (κ2) is 5.10. The van der Waals surface area contributed by atoms with E-state index in [-0.39, 0.29) is 12.4 Å². The van der Waals surface area contributed by atoms with Gasteiger partial charge in [-0.3, -0.25) is 9.48 Å². The number of carbonyl (C=O) groups is 1. The fourth-order valence-electron chi connectivity index (χ4n) is 1.97. The highest BCUT2D eigenvalue weighted by atomic mass is 16.3. The largest absolute Gasteiger partial charge is 0.396 e. The molecule has 4 heteroatoms. The van der Waals surface area contributed by atoms with E-state index in [2.05, 4.69) is 5.10 Å². The van der Waals surface area contributed by atoms with Crippen LogP contribution in [0.4, 0.5) is 0 Å². The number of fused-ring (bicyclic) bond motifs is 1. The summed E-state index contributed by atoms with van der Waals surface area (Å²) in [4.78, 5) is 11.7. The second-order valence-corrected chi connectivity index (χ2v) is 4.13. The van der Waals surface area contributed by atoms with Crippen LogP contribution in [-0.4, -0.2) is 27.3 Å². The van der Waals surface area contributed by atoms with Gasteiger partial charge in [-0.05, 0) is 12.5 Å². The van der Waals surface area contributed by atoms with Crippen LogP contribution in [0, 0.1) is 0 Å². The van der Waals surface area contributed by atoms with Crippen molar-refractivity contribution in [3.63, 3.8) is 0 Å². The quantitative estimate of drug-likeness (QED) is 0.849. The maximum Gasteiger partial charge on any atom is 0.139 e. The number of nitrogens with zero attached hydrogens (tertiary/aromatic N) is 2. The maximum absolute atomic E-state index is 11.7. The van der Waals surface area contributed by atoms with Gasteiger partial charge in [0.25, 0.3) is 0 Å². The molecule has 0 bridgehead atoms. The number of aliphatic hydroxyl groups excluding tert-OH is 1. The summed E-state index contributed by atoms with van der Waals surface area (Å²) in [5.74, 6) is 0.128. The van der Waals surface area contributed by atoms with Crippen LogP contribution < -0.4 is 0 Å². The molecule has 1 N–H and O–H groups in total. The van der Waals surface area contributed by atoms with Gasteiger partial charge >= 0.3 is 0 Å². The van der Waals surface area contributed by atoms with E-state index >= 15 is 0 Å². The average molecular weight is 232 g/mol. The van der Waals surface area contributed by atoms with Gasteiger partial charge in [0.1, 0.15) is 5.78 Å². The molecule has 4 nitrogen and oxygen atoms in total. The topological polar surface area (TPSA) is 55.1 Å². The van der Waals surface area contributed by atoms with E-state index in [1.165, 1.54) is 0 Å². The summed E-state index contributed by atoms with van der Waals surface area (Å²) < 4.78 is 1.80. The van der Waals surface area contributed by atoms with E-state index in [1.807, 2.05) is 31.3 Å². The van der Waals surface area contributed by atoms with Crippen LogP contribution in [0.1, 0.15) is 18.5 Å². The van der Waals surface area contributed by atoms with E-state index in [4.69, 9.17) is 5.11 Å². The molecule has 0 atom stereocenters. The van der Waals surface area contributed by atoms with Gasteiger partial charge in [-0.25, -0.2) is 0 Å². The molecule has 2 aromatic rings. The molecular weight excluding hydrogens is 216 g/mol. The number of aliphatic hydroxyl groups is 1. The average Bonchev–Trinajstić information content (AvgIpc) is 2.65. The zero-order valence-corrected chi connectivity index (χ0v) is 9.89. The number of aromatic nitrogens is 2. The zero-order valence-electron chi connectivity index (χ0n) is 9.89. The lowest BCUT2D eigenvalue weighted by atomic mass is 10.1. The Balaban J connectivity index is 2.21. The minimum atomic E-state index is 0.0642. The Kier molecular flexibility index (Phi) is 3.54. The van der Waals surface area contributed by atoms with Crippen LogP contribution >= 0.6 is 0 Å². The van der Waals surface area contributed by atoms with Crippen molar-refractivity contribution in [2.75, 3.05) is 6.61 Å². The third kappa shape index (κ3) is 2.53. The number of ketones is 1. The number of carbonyl (C=O) groups excluding carboxylic acids is 1. The molecule has 0 radical (unpaired) electrons. The van der Waals surface area contributed by atoms with Crippen LogP contribution in [0.3, 0.4) is 0 Å². The maximum atomic E-state index is 11.7. The standard InChI is InChI=1S/C13H16N2O2/c1-15-13-7-3-2-6-11(13)12(14-15)9-10(17)5-4-8-16/h2-3,6-7,16H,4-5,8-9H2,1H3. The van der Waals surface area contributed by atoms with E-state index < -0.39 is 0 Å². The lowest BCUT2D eigenvalue weighted by Gasteiger charge is -1.97. The molecule has 0 aliphatic rings. The van der Waals surface area contributed by atoms with Crippen molar-refractivity contribution in [3.8, 4) is 0 Å². The first-order valence-electron chi connectivity index (χ1n) is 5.75. The summed E-state index contributed by atoms with van der Waals surface area (Å²) >= 11 is 0. The van der Waals surface area contributed by atoms with Crippen molar-refractivity contribution in [2.45, 2.75) is 19.3 Å². The number of para-hydroxylation sites is 1. The van der Waals surface area contributed by atoms with Gasteiger partial charge in [-0.15, -0.1) is 0 Å². The third-order valence-electron chi connectivity index (χ3n) is 2.81. The Morgan fingerprint density at radius 2 is 2.18 bits per heavy atom. The molecule has 0 spiro atoms. The predicted octanol–water partition coefficient (Wildman–Crippen LogP) is 1.46. The molecule has 17 heavy (non-hydrogen) atoms. The molecule has 0 fully saturated rings. The number of rotatable bonds is 5. The minimum absolute atomic E-state index is 0.0642. The van der Waals surface area contributed by atoms with Gasteiger partial charge < -0.3 is 5.11 Å². The number of benzene rings is 1. The molecule has 1 aromatic heterocycles.